The van der Waals surface area contributed by atoms with Crippen LogP contribution in [-0.2, 0) is 0 Å². The predicted octanol–water partition coefficient (Wildman–Crippen LogP) is 0.203. The summed E-state index contributed by atoms with van der Waals surface area (Å²) in [6, 6.07) is 0. The van der Waals surface area contributed by atoms with E-state index in [1.165, 1.54) is 6.20 Å². The van der Waals surface area contributed by atoms with E-state index in [9.17, 15) is 5.21 Å². The summed E-state index contributed by atoms with van der Waals surface area (Å²) in [7, 11) is 0. The molecule has 38 valence electrons. The Hall–Kier alpha value is -0.710. The Morgan fingerprint density at radius 1 is 1.71 bits per heavy atom. The van der Waals surface area contributed by atoms with Crippen LogP contribution in [0.15, 0.2) is 17.4 Å². The van der Waals surface area contributed by atoms with E-state index in [2.05, 4.69) is 4.99 Å². The van der Waals surface area contributed by atoms with Crippen molar-refractivity contribution >= 4 is 6.34 Å². The second-order valence-corrected chi connectivity index (χ2v) is 1.24. The van der Waals surface area contributed by atoms with Gasteiger partial charge in [0.05, 0.1) is 6.20 Å². The number of hydrogen-bond donors (Lipinski definition) is 1. The second-order valence-electron chi connectivity index (χ2n) is 1.24. The molecule has 0 bridgehead atoms. The minimum absolute atomic E-state index is 0.875. The largest absolute Gasteiger partial charge is 0.588 e. The quantitative estimate of drug-likeness (QED) is 0.349. The molecule has 1 unspecified atom stereocenters. The van der Waals surface area contributed by atoms with E-state index < -0.39 is 4.81 Å². The third kappa shape index (κ3) is 0.833. The van der Waals surface area contributed by atoms with Gasteiger partial charge in [0.15, 0.2) is 6.20 Å². The molecule has 0 aromatic rings. The van der Waals surface area contributed by atoms with Crippen LogP contribution in [0.2, 0.25) is 0 Å². The molecule has 1 N–H and O–H groups in total. The summed E-state index contributed by atoms with van der Waals surface area (Å²) in [4.78, 5) is 1.87. The molecule has 0 spiro atoms. The van der Waals surface area contributed by atoms with Crippen molar-refractivity contribution in [3.05, 3.63) is 17.6 Å². The first kappa shape index (κ1) is 4.45. The number of quaternary nitrogens is 1. The van der Waals surface area contributed by atoms with Crippen LogP contribution >= 0.6 is 0 Å². The highest BCUT2D eigenvalue weighted by Gasteiger charge is 2.07. The molecule has 0 aliphatic carbocycles. The van der Waals surface area contributed by atoms with Crippen LogP contribution in [-0.4, -0.2) is 16.4 Å². The minimum Gasteiger partial charge on any atom is -0.588 e. The Kier molecular flexibility index (Phi) is 0.717. The summed E-state index contributed by atoms with van der Waals surface area (Å²) in [5.74, 6) is 0. The maximum atomic E-state index is 10.2. The van der Waals surface area contributed by atoms with Gasteiger partial charge in [0.1, 0.15) is 0 Å². The number of rotatable bonds is 0. The van der Waals surface area contributed by atoms with E-state index in [0.717, 1.165) is 12.5 Å². The van der Waals surface area contributed by atoms with Gasteiger partial charge in [-0.05, 0) is 0 Å². The van der Waals surface area contributed by atoms with Crippen molar-refractivity contribution < 1.29 is 10.0 Å². The summed E-state index contributed by atoms with van der Waals surface area (Å²) in [5.41, 5.74) is 0. The van der Waals surface area contributed by atoms with Gasteiger partial charge in [-0.15, -0.1) is 4.81 Å². The molecule has 0 amide bonds. The molecule has 0 fully saturated rings. The van der Waals surface area contributed by atoms with Gasteiger partial charge < -0.3 is 5.21 Å². The van der Waals surface area contributed by atoms with Gasteiger partial charge in [0, 0.05) is 0 Å². The molecule has 1 aliphatic heterocycles. The van der Waals surface area contributed by atoms with Crippen molar-refractivity contribution in [2.75, 3.05) is 0 Å². The normalized spacial score (nSPS) is 37.4. The molecule has 1 heterocycles. The summed E-state index contributed by atoms with van der Waals surface area (Å²) in [6.07, 6.45) is 3.13. The van der Waals surface area contributed by atoms with E-state index in [1.807, 2.05) is 0 Å². The third-order valence-corrected chi connectivity index (χ3v) is 0.598. The molecular weight excluding hydrogens is 96.0 g/mol. The number of hydroxylamine groups is 4. The van der Waals surface area contributed by atoms with E-state index in [0.29, 0.717) is 0 Å². The molecule has 0 saturated heterocycles. The highest BCUT2D eigenvalue weighted by Crippen LogP contribution is 2.00. The van der Waals surface area contributed by atoms with Crippen molar-refractivity contribution in [3.63, 3.8) is 0 Å². The monoisotopic (exact) mass is 100 g/mol. The van der Waals surface area contributed by atoms with Crippen LogP contribution in [0.4, 0.5) is 0 Å². The summed E-state index contributed by atoms with van der Waals surface area (Å²) in [6.45, 7) is 0. The molecule has 4 heteroatoms. The molecule has 0 radical (unpaired) electrons. The lowest BCUT2D eigenvalue weighted by molar-refractivity contribution is -0.939. The summed E-state index contributed by atoms with van der Waals surface area (Å²) >= 11 is 0. The average molecular weight is 100 g/mol. The first-order valence-corrected chi connectivity index (χ1v) is 1.75. The molecule has 0 aromatic heterocycles. The zero-order chi connectivity index (χ0) is 5.33. The fraction of sp³-hybridized carbons (Fsp3) is 0. The molecular formula is C3H4N2O2. The minimum atomic E-state index is -1.47. The van der Waals surface area contributed by atoms with Gasteiger partial charge in [0.2, 0.25) is 6.34 Å². The molecule has 7 heavy (non-hydrogen) atoms. The van der Waals surface area contributed by atoms with Crippen LogP contribution in [0.3, 0.4) is 0 Å². The van der Waals surface area contributed by atoms with Gasteiger partial charge in [-0.2, -0.15) is 0 Å². The Morgan fingerprint density at radius 2 is 2.43 bits per heavy atom. The van der Waals surface area contributed by atoms with Crippen LogP contribution < -0.4 is 0 Å². The van der Waals surface area contributed by atoms with Crippen molar-refractivity contribution in [1.29, 1.82) is 0 Å². The Labute approximate surface area is 40.1 Å². The van der Waals surface area contributed by atoms with Crippen LogP contribution in [0.5, 0.6) is 0 Å². The highest BCUT2D eigenvalue weighted by molar-refractivity contribution is 5.49. The zero-order valence-electron chi connectivity index (χ0n) is 3.48. The Bertz CT molecular complexity index is 113. The van der Waals surface area contributed by atoms with Crippen molar-refractivity contribution in [2.45, 2.75) is 0 Å². The van der Waals surface area contributed by atoms with E-state index >= 15 is 0 Å². The molecule has 0 saturated carbocycles. The standard InChI is InChI=1S/C3H4N2O2/c6-5(7)2-1-4-3-5/h1-3,6H. The smallest absolute Gasteiger partial charge is 0.228 e. The number of hydrogen-bond acceptors (Lipinski definition) is 3. The lowest BCUT2D eigenvalue weighted by atomic mass is 10.9. The van der Waals surface area contributed by atoms with Crippen molar-refractivity contribution in [2.24, 2.45) is 4.99 Å². The summed E-state index contributed by atoms with van der Waals surface area (Å²) < 4.78 is 0. The Balaban J connectivity index is 2.77. The Morgan fingerprint density at radius 3 is 2.57 bits per heavy atom. The predicted molar refractivity (Wildman–Crippen MR) is 23.0 cm³/mol. The van der Waals surface area contributed by atoms with E-state index in [1.54, 1.807) is 0 Å². The fourth-order valence-corrected chi connectivity index (χ4v) is 0.307. The second kappa shape index (κ2) is 1.13. The lowest BCUT2D eigenvalue weighted by Gasteiger charge is -2.18. The van der Waals surface area contributed by atoms with Crippen LogP contribution in [0.1, 0.15) is 0 Å². The van der Waals surface area contributed by atoms with Crippen molar-refractivity contribution in [1.82, 2.24) is 0 Å². The molecule has 4 nitrogen and oxygen atoms in total. The molecule has 1 rings (SSSR count). The molecule has 0 aromatic carbocycles. The van der Waals surface area contributed by atoms with Crippen LogP contribution in [0, 0.1) is 5.21 Å². The maximum Gasteiger partial charge on any atom is 0.228 e. The van der Waals surface area contributed by atoms with E-state index in [-0.39, 0.29) is 0 Å². The SMILES string of the molecule is [O-][N+]1(O)C=CN=C1. The topological polar surface area (TPSA) is 55.6 Å². The third-order valence-electron chi connectivity index (χ3n) is 0.598. The lowest BCUT2D eigenvalue weighted by Crippen LogP contribution is -2.26. The molecule has 1 atom stereocenters. The zero-order valence-corrected chi connectivity index (χ0v) is 3.48. The first-order chi connectivity index (χ1) is 3.21. The molecule has 1 aliphatic rings. The van der Waals surface area contributed by atoms with Gasteiger partial charge in [-0.3, -0.25) is 0 Å². The number of aliphatic imine (C=N–C) groups is 1. The van der Waals surface area contributed by atoms with Crippen LogP contribution in [0.25, 0.3) is 0 Å². The maximum absolute atomic E-state index is 10.2. The average Bonchev–Trinajstić information content (AvgIpc) is 1.84. The van der Waals surface area contributed by atoms with Gasteiger partial charge in [-0.1, -0.05) is 0 Å². The van der Waals surface area contributed by atoms with Gasteiger partial charge in [-0.25, -0.2) is 10.2 Å². The highest BCUT2D eigenvalue weighted by atomic mass is 16.8. The fourth-order valence-electron chi connectivity index (χ4n) is 0.307. The van der Waals surface area contributed by atoms with Gasteiger partial charge >= 0.3 is 0 Å². The van der Waals surface area contributed by atoms with E-state index in [4.69, 9.17) is 5.21 Å². The summed E-state index contributed by atoms with van der Waals surface area (Å²) in [5, 5.41) is 18.5. The van der Waals surface area contributed by atoms with Crippen molar-refractivity contribution in [3.8, 4) is 0 Å². The van der Waals surface area contributed by atoms with Gasteiger partial charge in [0.25, 0.3) is 0 Å². The first-order valence-electron chi connectivity index (χ1n) is 1.75. The number of nitrogens with zero attached hydrogens (tertiary/aromatic N) is 2.